The second-order valence-electron chi connectivity index (χ2n) is 11.3. The number of nitrogens with one attached hydrogen (secondary N) is 3. The molecule has 2 aliphatic heterocycles. The fraction of sp³-hybridized carbons (Fsp3) is 0.324. The Labute approximate surface area is 256 Å². The van der Waals surface area contributed by atoms with Gasteiger partial charge < -0.3 is 10.3 Å². The number of rotatable bonds is 8. The normalized spacial score (nSPS) is 16.9. The Bertz CT molecular complexity index is 1750. The summed E-state index contributed by atoms with van der Waals surface area (Å²) in [5.74, 6) is 6.78. The van der Waals surface area contributed by atoms with Crippen LogP contribution in [0.15, 0.2) is 60.8 Å². The molecule has 3 aromatic heterocycles. The summed E-state index contributed by atoms with van der Waals surface area (Å²) in [7, 11) is 2.15. The van der Waals surface area contributed by atoms with Crippen molar-refractivity contribution in [1.29, 1.82) is 0 Å². The van der Waals surface area contributed by atoms with Gasteiger partial charge in [-0.2, -0.15) is 0 Å². The molecule has 3 N–H and O–H groups in total. The van der Waals surface area contributed by atoms with Crippen LogP contribution in [0.5, 0.6) is 0 Å². The molecular weight excluding hydrogens is 554 g/mol. The quantitative estimate of drug-likeness (QED) is 0.192. The van der Waals surface area contributed by atoms with E-state index in [1.165, 1.54) is 17.0 Å². The molecule has 6 rings (SSSR count). The van der Waals surface area contributed by atoms with Crippen LogP contribution in [0.25, 0.3) is 10.9 Å². The van der Waals surface area contributed by atoms with Gasteiger partial charge in [0.2, 0.25) is 5.91 Å². The molecule has 0 unspecified atom stereocenters. The van der Waals surface area contributed by atoms with E-state index in [0.29, 0.717) is 35.5 Å². The third-order valence-corrected chi connectivity index (χ3v) is 8.16. The van der Waals surface area contributed by atoms with Crippen molar-refractivity contribution in [3.8, 4) is 11.8 Å². The molecule has 0 saturated carbocycles. The molecule has 0 aliphatic carbocycles. The number of fused-ring (bicyclic) bond motifs is 1. The fourth-order valence-electron chi connectivity index (χ4n) is 5.73. The lowest BCUT2D eigenvalue weighted by molar-refractivity contribution is -0.120. The van der Waals surface area contributed by atoms with Gasteiger partial charge >= 0.3 is 6.03 Å². The maximum Gasteiger partial charge on any atom is 0.329 e. The minimum Gasteiger partial charge on any atom is -0.357 e. The maximum absolute atomic E-state index is 12.9. The first-order chi connectivity index (χ1) is 21.4. The van der Waals surface area contributed by atoms with Crippen molar-refractivity contribution in [3.05, 3.63) is 83.3 Å². The van der Waals surface area contributed by atoms with Crippen molar-refractivity contribution in [1.82, 2.24) is 25.2 Å². The topological polar surface area (TPSA) is 123 Å². The highest BCUT2D eigenvalue weighted by Crippen LogP contribution is 2.32. The summed E-state index contributed by atoms with van der Waals surface area (Å²) in [6, 6.07) is 17.0. The summed E-state index contributed by atoms with van der Waals surface area (Å²) in [5.41, 5.74) is 4.51. The predicted octanol–water partition coefficient (Wildman–Crippen LogP) is 5.19. The van der Waals surface area contributed by atoms with Gasteiger partial charge in [0, 0.05) is 54.3 Å². The second kappa shape index (κ2) is 13.1. The van der Waals surface area contributed by atoms with E-state index >= 15 is 0 Å². The number of H-pyrrole nitrogens is 1. The number of carbonyl (C=O) groups excluding carboxylic acids is 3. The van der Waals surface area contributed by atoms with Gasteiger partial charge in [-0.15, -0.1) is 0 Å². The number of aromatic nitrogens is 3. The van der Waals surface area contributed by atoms with Crippen molar-refractivity contribution in [2.45, 2.75) is 51.0 Å². The van der Waals surface area contributed by atoms with E-state index in [-0.39, 0.29) is 18.2 Å². The van der Waals surface area contributed by atoms with Gasteiger partial charge in [-0.1, -0.05) is 24.1 Å². The highest BCUT2D eigenvalue weighted by Gasteiger charge is 2.25. The average molecular weight is 590 g/mol. The number of benzene rings is 1. The average Bonchev–Trinajstić information content (AvgIpc) is 3.64. The lowest BCUT2D eigenvalue weighted by Crippen LogP contribution is -2.49. The molecule has 0 spiro atoms. The number of amides is 4. The van der Waals surface area contributed by atoms with Crippen molar-refractivity contribution >= 4 is 40.4 Å². The number of aromatic amines is 1. The van der Waals surface area contributed by atoms with Crippen LogP contribution in [-0.4, -0.2) is 57.8 Å². The largest absolute Gasteiger partial charge is 0.357 e. The Morgan fingerprint density at radius 2 is 1.95 bits per heavy atom. The third-order valence-electron chi connectivity index (χ3n) is 8.16. The van der Waals surface area contributed by atoms with Crippen LogP contribution in [0, 0.1) is 11.8 Å². The number of pyridine rings is 2. The molecule has 5 heterocycles. The number of nitrogens with zero attached hydrogens (tertiary/aromatic N) is 4. The number of urea groups is 1. The number of imide groups is 1. The number of likely N-dealkylation sites (tertiary alicyclic amines) is 1. The zero-order valence-corrected chi connectivity index (χ0v) is 24.7. The van der Waals surface area contributed by atoms with Crippen molar-refractivity contribution in [2.24, 2.45) is 0 Å². The van der Waals surface area contributed by atoms with Gasteiger partial charge in [0.05, 0.1) is 5.52 Å². The number of unbranched alkanes of at least 4 members (excludes halogenated alkanes) is 2. The van der Waals surface area contributed by atoms with E-state index in [4.69, 9.17) is 0 Å². The number of aryl methyl sites for hydroxylation is 1. The third kappa shape index (κ3) is 6.79. The summed E-state index contributed by atoms with van der Waals surface area (Å²) in [6.45, 7) is 1.41. The van der Waals surface area contributed by atoms with E-state index in [0.717, 1.165) is 55.1 Å². The highest BCUT2D eigenvalue weighted by molar-refractivity contribution is 6.05. The van der Waals surface area contributed by atoms with Crippen molar-refractivity contribution in [3.63, 3.8) is 0 Å². The summed E-state index contributed by atoms with van der Waals surface area (Å²) in [4.78, 5) is 52.6. The molecular formula is C34H35N7O3. The monoisotopic (exact) mass is 589 g/mol. The molecule has 0 radical (unpaired) electrons. The van der Waals surface area contributed by atoms with Crippen LogP contribution >= 0.6 is 0 Å². The molecule has 0 bridgehead atoms. The maximum atomic E-state index is 12.9. The first-order valence-electron chi connectivity index (χ1n) is 15.1. The summed E-state index contributed by atoms with van der Waals surface area (Å²) < 4.78 is 0. The van der Waals surface area contributed by atoms with Gasteiger partial charge in [0.15, 0.2) is 0 Å². The lowest BCUT2D eigenvalue weighted by atomic mass is 10.0. The molecule has 1 atom stereocenters. The SMILES string of the molecule is CN1CCC[C@@H]1c1cc2cnc(NC(=O)c3ccc(CCCCC#Cc4cccc(N5CCC(=O)NC5=O)n4)cc3)cc2[nH]1. The smallest absolute Gasteiger partial charge is 0.329 e. The Morgan fingerprint density at radius 1 is 1.09 bits per heavy atom. The van der Waals surface area contributed by atoms with Gasteiger partial charge in [0.25, 0.3) is 5.91 Å². The minimum atomic E-state index is -0.458. The van der Waals surface area contributed by atoms with Crippen LogP contribution in [0.4, 0.5) is 16.4 Å². The molecule has 224 valence electrons. The molecule has 10 heteroatoms. The molecule has 2 saturated heterocycles. The highest BCUT2D eigenvalue weighted by atomic mass is 16.2. The molecule has 4 aromatic rings. The fourth-order valence-corrected chi connectivity index (χ4v) is 5.73. The standard InChI is InChI=1S/C34H35N7O3/c1-40-18-7-11-29(40)28-20-25-22-35-30(21-27(25)37-28)38-33(43)24-15-13-23(14-16-24)8-4-2-3-5-9-26-10-6-12-31(36-26)41-19-17-32(42)39-34(41)44/h6,10,12-16,20-22,29,37H,2-4,7-8,11,17-19H2,1H3,(H,35,38,43)(H,39,42,44)/t29-/m1/s1. The van der Waals surface area contributed by atoms with E-state index in [9.17, 15) is 14.4 Å². The van der Waals surface area contributed by atoms with Gasteiger partial charge in [-0.05, 0) is 87.5 Å². The second-order valence-corrected chi connectivity index (χ2v) is 11.3. The summed E-state index contributed by atoms with van der Waals surface area (Å²) >= 11 is 0. The van der Waals surface area contributed by atoms with Crippen molar-refractivity contribution in [2.75, 3.05) is 30.4 Å². The number of anilines is 2. The van der Waals surface area contributed by atoms with Gasteiger partial charge in [-0.25, -0.2) is 14.8 Å². The predicted molar refractivity (Wildman–Crippen MR) is 169 cm³/mol. The molecule has 2 aliphatic rings. The summed E-state index contributed by atoms with van der Waals surface area (Å²) in [6.07, 6.45) is 7.91. The van der Waals surface area contributed by atoms with Crippen LogP contribution in [0.1, 0.15) is 71.9 Å². The first-order valence-corrected chi connectivity index (χ1v) is 15.1. The van der Waals surface area contributed by atoms with Gasteiger partial charge in [-0.3, -0.25) is 24.7 Å². The van der Waals surface area contributed by atoms with Crippen LogP contribution in [0.2, 0.25) is 0 Å². The molecule has 2 fully saturated rings. The van der Waals surface area contributed by atoms with E-state index in [2.05, 4.69) is 55.4 Å². The molecule has 4 amide bonds. The minimum absolute atomic E-state index is 0.187. The Kier molecular flexibility index (Phi) is 8.66. The zero-order valence-electron chi connectivity index (χ0n) is 24.7. The number of hydrogen-bond acceptors (Lipinski definition) is 6. The van der Waals surface area contributed by atoms with Crippen molar-refractivity contribution < 1.29 is 14.4 Å². The molecule has 10 nitrogen and oxygen atoms in total. The lowest BCUT2D eigenvalue weighted by Gasteiger charge is -2.25. The molecule has 1 aromatic carbocycles. The van der Waals surface area contributed by atoms with Crippen LogP contribution in [0.3, 0.4) is 0 Å². The van der Waals surface area contributed by atoms with E-state index in [1.54, 1.807) is 12.3 Å². The number of carbonyl (C=O) groups is 3. The van der Waals surface area contributed by atoms with Crippen LogP contribution in [-0.2, 0) is 11.2 Å². The van der Waals surface area contributed by atoms with Crippen LogP contribution < -0.4 is 15.5 Å². The Hall–Kier alpha value is -5.01. The Morgan fingerprint density at radius 3 is 2.75 bits per heavy atom. The summed E-state index contributed by atoms with van der Waals surface area (Å²) in [5, 5.41) is 6.28. The van der Waals surface area contributed by atoms with E-state index < -0.39 is 6.03 Å². The van der Waals surface area contributed by atoms with E-state index in [1.807, 2.05) is 42.5 Å². The zero-order chi connectivity index (χ0) is 30.5. The Balaban J connectivity index is 0.961. The van der Waals surface area contributed by atoms with Gasteiger partial charge in [0.1, 0.15) is 17.3 Å². The molecule has 44 heavy (non-hydrogen) atoms. The first kappa shape index (κ1) is 29.1. The number of hydrogen-bond donors (Lipinski definition) is 3.